The molecule has 0 spiro atoms. The predicted octanol–water partition coefficient (Wildman–Crippen LogP) is 4.69. The summed E-state index contributed by atoms with van der Waals surface area (Å²) in [5.74, 6) is 0.403. The molecule has 1 saturated carbocycles. The number of hydrogen-bond acceptors (Lipinski definition) is 7. The number of halogens is 1. The van der Waals surface area contributed by atoms with Gasteiger partial charge in [0.2, 0.25) is 0 Å². The first-order valence-corrected chi connectivity index (χ1v) is 13.6. The number of rotatable bonds is 8. The fourth-order valence-corrected chi connectivity index (χ4v) is 5.96. The minimum absolute atomic E-state index is 0.175. The van der Waals surface area contributed by atoms with Crippen LogP contribution >= 0.6 is 0 Å². The van der Waals surface area contributed by atoms with E-state index < -0.39 is 11.9 Å². The SMILES string of the molecule is CCc1nocc1C(=O)N[C@H](c1nc2c(F)c(CN3CCC[C@@H]3C(=O)OC)ccc2[nH]1)C1CCC(C)CC1. The van der Waals surface area contributed by atoms with Crippen LogP contribution in [0.3, 0.4) is 0 Å². The van der Waals surface area contributed by atoms with Gasteiger partial charge < -0.3 is 19.6 Å². The highest BCUT2D eigenvalue weighted by atomic mass is 19.1. The van der Waals surface area contributed by atoms with Crippen LogP contribution in [0.4, 0.5) is 4.39 Å². The second-order valence-electron chi connectivity index (χ2n) is 10.7. The van der Waals surface area contributed by atoms with Crippen molar-refractivity contribution in [2.75, 3.05) is 13.7 Å². The molecule has 1 amide bonds. The summed E-state index contributed by atoms with van der Waals surface area (Å²) in [6.07, 6.45) is 7.56. The number of H-pyrrole nitrogens is 1. The Morgan fingerprint density at radius 3 is 2.79 bits per heavy atom. The molecule has 9 nitrogen and oxygen atoms in total. The number of methoxy groups -OCH3 is 1. The molecule has 0 bridgehead atoms. The average Bonchev–Trinajstić information content (AvgIpc) is 3.68. The quantitative estimate of drug-likeness (QED) is 0.410. The molecular weight excluding hydrogens is 489 g/mol. The monoisotopic (exact) mass is 525 g/mol. The van der Waals surface area contributed by atoms with Crippen LogP contribution in [0.1, 0.15) is 85.9 Å². The van der Waals surface area contributed by atoms with Gasteiger partial charge in [0.25, 0.3) is 5.91 Å². The third-order valence-corrected chi connectivity index (χ3v) is 8.24. The zero-order chi connectivity index (χ0) is 26.8. The molecule has 1 aromatic carbocycles. The van der Waals surface area contributed by atoms with Gasteiger partial charge in [0, 0.05) is 12.1 Å². The number of amides is 1. The molecule has 38 heavy (non-hydrogen) atoms. The lowest BCUT2D eigenvalue weighted by molar-refractivity contribution is -0.146. The van der Waals surface area contributed by atoms with Crippen LogP contribution in [-0.4, -0.2) is 51.6 Å². The second-order valence-corrected chi connectivity index (χ2v) is 10.7. The Hall–Kier alpha value is -3.27. The van der Waals surface area contributed by atoms with E-state index in [1.807, 2.05) is 17.9 Å². The van der Waals surface area contributed by atoms with Crippen LogP contribution in [0.15, 0.2) is 22.9 Å². The number of aromatic amines is 1. The summed E-state index contributed by atoms with van der Waals surface area (Å²) in [5, 5.41) is 7.09. The number of aromatic nitrogens is 3. The summed E-state index contributed by atoms with van der Waals surface area (Å²) in [7, 11) is 1.38. The maximum atomic E-state index is 15.8. The number of imidazole rings is 1. The fraction of sp³-hybridized carbons (Fsp3) is 0.571. The molecule has 1 aliphatic heterocycles. The third kappa shape index (κ3) is 5.18. The molecule has 0 radical (unpaired) electrons. The van der Waals surface area contributed by atoms with E-state index in [0.717, 1.165) is 32.1 Å². The van der Waals surface area contributed by atoms with Crippen LogP contribution in [0.2, 0.25) is 0 Å². The van der Waals surface area contributed by atoms with Gasteiger partial charge in [0.05, 0.1) is 24.4 Å². The molecule has 204 valence electrons. The van der Waals surface area contributed by atoms with Gasteiger partial charge in [-0.1, -0.05) is 37.9 Å². The molecule has 2 N–H and O–H groups in total. The molecule has 5 rings (SSSR count). The Morgan fingerprint density at radius 1 is 1.26 bits per heavy atom. The van der Waals surface area contributed by atoms with E-state index in [1.54, 1.807) is 6.07 Å². The van der Waals surface area contributed by atoms with E-state index in [4.69, 9.17) is 14.2 Å². The minimum atomic E-state index is -0.407. The summed E-state index contributed by atoms with van der Waals surface area (Å²) in [6.45, 7) is 5.18. The Bertz CT molecular complexity index is 1300. The topological polar surface area (TPSA) is 113 Å². The summed E-state index contributed by atoms with van der Waals surface area (Å²) in [4.78, 5) is 35.3. The lowest BCUT2D eigenvalue weighted by Gasteiger charge is -2.32. The number of fused-ring (bicyclic) bond motifs is 1. The second kappa shape index (κ2) is 11.2. The van der Waals surface area contributed by atoms with Crippen molar-refractivity contribution in [3.8, 4) is 0 Å². The summed E-state index contributed by atoms with van der Waals surface area (Å²) in [6, 6.07) is 2.81. The molecule has 0 unspecified atom stereocenters. The number of aryl methyl sites for hydroxylation is 1. The van der Waals surface area contributed by atoms with Crippen molar-refractivity contribution < 1.29 is 23.2 Å². The number of likely N-dealkylation sites (tertiary alicyclic amines) is 1. The summed E-state index contributed by atoms with van der Waals surface area (Å²) >= 11 is 0. The minimum Gasteiger partial charge on any atom is -0.468 e. The van der Waals surface area contributed by atoms with Crippen molar-refractivity contribution >= 4 is 22.9 Å². The van der Waals surface area contributed by atoms with Gasteiger partial charge in [-0.15, -0.1) is 0 Å². The summed E-state index contributed by atoms with van der Waals surface area (Å²) in [5.41, 5.74) is 2.32. The first kappa shape index (κ1) is 26.3. The molecule has 2 aliphatic rings. The molecule has 3 aromatic rings. The maximum absolute atomic E-state index is 15.8. The molecule has 2 fully saturated rings. The largest absolute Gasteiger partial charge is 0.468 e. The van der Waals surface area contributed by atoms with Gasteiger partial charge >= 0.3 is 5.97 Å². The first-order chi connectivity index (χ1) is 18.4. The molecule has 2 atom stereocenters. The van der Waals surface area contributed by atoms with E-state index in [0.29, 0.717) is 60.0 Å². The van der Waals surface area contributed by atoms with Crippen molar-refractivity contribution in [3.05, 3.63) is 46.9 Å². The normalized spacial score (nSPS) is 23.0. The van der Waals surface area contributed by atoms with Crippen molar-refractivity contribution in [2.24, 2.45) is 11.8 Å². The highest BCUT2D eigenvalue weighted by Crippen LogP contribution is 2.37. The van der Waals surface area contributed by atoms with E-state index >= 15 is 4.39 Å². The lowest BCUT2D eigenvalue weighted by Crippen LogP contribution is -2.36. The molecule has 3 heterocycles. The Labute approximate surface area is 221 Å². The highest BCUT2D eigenvalue weighted by molar-refractivity contribution is 5.95. The van der Waals surface area contributed by atoms with Gasteiger partial charge in [-0.3, -0.25) is 14.5 Å². The fourth-order valence-electron chi connectivity index (χ4n) is 5.96. The zero-order valence-electron chi connectivity index (χ0n) is 22.3. The average molecular weight is 526 g/mol. The van der Waals surface area contributed by atoms with Gasteiger partial charge in [-0.05, 0) is 56.6 Å². The number of nitrogens with one attached hydrogen (secondary N) is 2. The van der Waals surface area contributed by atoms with Crippen molar-refractivity contribution in [2.45, 2.75) is 77.4 Å². The smallest absolute Gasteiger partial charge is 0.323 e. The van der Waals surface area contributed by atoms with Crippen LogP contribution in [0, 0.1) is 17.7 Å². The third-order valence-electron chi connectivity index (χ3n) is 8.24. The number of hydrogen-bond donors (Lipinski definition) is 2. The van der Waals surface area contributed by atoms with E-state index in [1.165, 1.54) is 13.4 Å². The standard InChI is InChI=1S/C28H36FN5O4/c1-4-20-19(15-38-33-20)27(35)32-24(17-9-7-16(2)8-10-17)26-30-21-12-11-18(23(29)25(21)31-26)14-34-13-5-6-22(34)28(36)37-3/h11-12,15-17,22,24H,4-10,13-14H2,1-3H3,(H,30,31)(H,32,35)/t16?,17?,22-,24+/m1/s1. The van der Waals surface area contributed by atoms with E-state index in [9.17, 15) is 9.59 Å². The molecule has 10 heteroatoms. The first-order valence-electron chi connectivity index (χ1n) is 13.6. The van der Waals surface area contributed by atoms with Crippen molar-refractivity contribution in [1.82, 2.24) is 25.3 Å². The number of benzene rings is 1. The van der Waals surface area contributed by atoms with Gasteiger partial charge in [0.15, 0.2) is 5.82 Å². The summed E-state index contributed by atoms with van der Waals surface area (Å²) < 4.78 is 25.7. The van der Waals surface area contributed by atoms with Gasteiger partial charge in [0.1, 0.15) is 29.2 Å². The number of esters is 1. The van der Waals surface area contributed by atoms with Gasteiger partial charge in [-0.25, -0.2) is 9.37 Å². The Kier molecular flexibility index (Phi) is 7.78. The van der Waals surface area contributed by atoms with Crippen LogP contribution in [0.5, 0.6) is 0 Å². The number of carbonyl (C=O) groups is 2. The highest BCUT2D eigenvalue weighted by Gasteiger charge is 2.34. The maximum Gasteiger partial charge on any atom is 0.323 e. The predicted molar refractivity (Wildman–Crippen MR) is 139 cm³/mol. The number of carbonyl (C=O) groups excluding carboxylic acids is 2. The van der Waals surface area contributed by atoms with E-state index in [-0.39, 0.29) is 29.4 Å². The van der Waals surface area contributed by atoms with Gasteiger partial charge in [-0.2, -0.15) is 0 Å². The molecule has 1 aliphatic carbocycles. The lowest BCUT2D eigenvalue weighted by atomic mass is 9.79. The molecule has 1 saturated heterocycles. The zero-order valence-corrected chi connectivity index (χ0v) is 22.3. The molecular formula is C28H36FN5O4. The van der Waals surface area contributed by atoms with Crippen LogP contribution in [-0.2, 0) is 22.5 Å². The number of ether oxygens (including phenoxy) is 1. The van der Waals surface area contributed by atoms with E-state index in [2.05, 4.69) is 22.4 Å². The van der Waals surface area contributed by atoms with Crippen LogP contribution < -0.4 is 5.32 Å². The molecule has 2 aromatic heterocycles. The van der Waals surface area contributed by atoms with Crippen molar-refractivity contribution in [1.29, 1.82) is 0 Å². The Balaban J connectivity index is 1.43. The Morgan fingerprint density at radius 2 is 2.05 bits per heavy atom. The number of nitrogens with zero attached hydrogens (tertiary/aromatic N) is 3. The van der Waals surface area contributed by atoms with Crippen LogP contribution in [0.25, 0.3) is 11.0 Å². The van der Waals surface area contributed by atoms with Crippen molar-refractivity contribution in [3.63, 3.8) is 0 Å².